The van der Waals surface area contributed by atoms with Gasteiger partial charge in [-0.1, -0.05) is 38.2 Å². The van der Waals surface area contributed by atoms with Crippen LogP contribution in [0.15, 0.2) is 65.6 Å². The first-order chi connectivity index (χ1) is 26.3. The Morgan fingerprint density at radius 1 is 0.909 bits per heavy atom. The van der Waals surface area contributed by atoms with Crippen molar-refractivity contribution in [1.82, 2.24) is 10.6 Å². The average molecular weight is 782 g/mol. The van der Waals surface area contributed by atoms with Crippen molar-refractivity contribution >= 4 is 36.7 Å². The molecule has 0 saturated heterocycles. The van der Waals surface area contributed by atoms with Crippen molar-refractivity contribution in [3.8, 4) is 5.75 Å². The fourth-order valence-corrected chi connectivity index (χ4v) is 7.86. The standard InChI is InChI=1S/C42H58FN4O7P/c1-6-53-55(43,52)26-16-11-9-7-8-10-13-17-39(48)44-24-14-12-15-25-45-41(49)30-18-21-33(35(27-30)42(50)51)40-34-22-19-32(47(4)5)29-38(34)54-37-23-20-31(46(2)3)28-36(37)40/h18-19,21-23,27-29H,6-17,20,24-26H2,1-5H3,(H,44,48)(H,45,49)(H,50,51)/p+1. The van der Waals surface area contributed by atoms with E-state index in [1.54, 1.807) is 19.1 Å². The van der Waals surface area contributed by atoms with Crippen molar-refractivity contribution in [2.24, 2.45) is 0 Å². The summed E-state index contributed by atoms with van der Waals surface area (Å²) in [5, 5.41) is 16.3. The lowest BCUT2D eigenvalue weighted by Crippen LogP contribution is -3.03. The molecule has 2 amide bonds. The number of halogens is 1. The van der Waals surface area contributed by atoms with E-state index in [1.165, 1.54) is 11.0 Å². The number of hydrogen-bond donors (Lipinski definition) is 4. The van der Waals surface area contributed by atoms with Gasteiger partial charge in [-0.05, 0) is 74.9 Å². The molecule has 55 heavy (non-hydrogen) atoms. The highest BCUT2D eigenvalue weighted by Crippen LogP contribution is 2.49. The Morgan fingerprint density at radius 3 is 2.24 bits per heavy atom. The SMILES string of the molecule is CCOP(=O)(F)CCCCCCCCCC(=O)NCCCCCNC(=O)c1ccc(C2=C3C=C([NH+](C)C)CC=C3Oc3cc(N(C)C)ccc32)c(C(=O)O)c1. The molecule has 4 N–H and O–H groups in total. The molecule has 1 heterocycles. The van der Waals surface area contributed by atoms with E-state index in [4.69, 9.17) is 4.74 Å². The zero-order valence-electron chi connectivity index (χ0n) is 33.1. The molecule has 2 aromatic carbocycles. The van der Waals surface area contributed by atoms with Crippen LogP contribution in [-0.4, -0.2) is 76.9 Å². The third kappa shape index (κ3) is 12.9. The molecule has 1 aliphatic carbocycles. The van der Waals surface area contributed by atoms with Crippen LogP contribution in [0.2, 0.25) is 0 Å². The molecule has 0 saturated carbocycles. The molecule has 1 unspecified atom stereocenters. The second-order valence-corrected chi connectivity index (χ2v) is 16.5. The van der Waals surface area contributed by atoms with Gasteiger partial charge < -0.3 is 34.8 Å². The monoisotopic (exact) mass is 781 g/mol. The number of nitrogens with zero attached hydrogens (tertiary/aromatic N) is 1. The first-order valence-corrected chi connectivity index (χ1v) is 21.3. The zero-order valence-corrected chi connectivity index (χ0v) is 34.0. The molecule has 4 rings (SSSR count). The minimum atomic E-state index is -3.91. The van der Waals surface area contributed by atoms with Crippen LogP contribution in [0.5, 0.6) is 5.75 Å². The number of carbonyl (C=O) groups excluding carboxylic acids is 2. The van der Waals surface area contributed by atoms with Crippen LogP contribution in [-0.2, 0) is 13.9 Å². The largest absolute Gasteiger partial charge is 0.478 e. The van der Waals surface area contributed by atoms with E-state index in [0.717, 1.165) is 85.9 Å². The summed E-state index contributed by atoms with van der Waals surface area (Å²) in [4.78, 5) is 41.3. The molecule has 2 aromatic rings. The Kier molecular flexibility index (Phi) is 16.7. The van der Waals surface area contributed by atoms with Crippen LogP contribution >= 0.6 is 7.68 Å². The fraction of sp³-hybridized carbons (Fsp3) is 0.500. The van der Waals surface area contributed by atoms with E-state index in [1.807, 2.05) is 43.3 Å². The number of carboxylic acid groups (broad SMARTS) is 1. The smallest absolute Gasteiger partial charge is 0.367 e. The van der Waals surface area contributed by atoms with E-state index >= 15 is 0 Å². The first kappa shape index (κ1) is 43.5. The topological polar surface area (TPSA) is 139 Å². The van der Waals surface area contributed by atoms with Crippen LogP contribution in [0.1, 0.15) is 116 Å². The fourth-order valence-electron chi connectivity index (χ4n) is 6.75. The Morgan fingerprint density at radius 2 is 1.56 bits per heavy atom. The van der Waals surface area contributed by atoms with Gasteiger partial charge in [-0.15, -0.1) is 0 Å². The number of nitrogens with one attached hydrogen (secondary N) is 3. The van der Waals surface area contributed by atoms with Gasteiger partial charge in [0.15, 0.2) is 0 Å². The van der Waals surface area contributed by atoms with Crippen LogP contribution in [0, 0.1) is 0 Å². The molecule has 11 nitrogen and oxygen atoms in total. The number of amides is 2. The Balaban J connectivity index is 1.23. The Labute approximate surface area is 325 Å². The number of aromatic carboxylic acids is 1. The molecule has 0 bridgehead atoms. The molecule has 13 heteroatoms. The predicted octanol–water partition coefficient (Wildman–Crippen LogP) is 7.30. The summed E-state index contributed by atoms with van der Waals surface area (Å²) in [5.74, 6) is -0.0992. The Hall–Kier alpha value is -4.25. The van der Waals surface area contributed by atoms with E-state index in [2.05, 4.69) is 35.3 Å². The van der Waals surface area contributed by atoms with E-state index in [9.17, 15) is 28.3 Å². The highest BCUT2D eigenvalue weighted by atomic mass is 31.2. The maximum Gasteiger partial charge on any atom is 0.367 e. The van der Waals surface area contributed by atoms with Gasteiger partial charge in [-0.25, -0.2) is 4.79 Å². The lowest BCUT2D eigenvalue weighted by Gasteiger charge is -2.29. The summed E-state index contributed by atoms with van der Waals surface area (Å²) >= 11 is 0. The molecule has 1 atom stereocenters. The molecule has 0 fully saturated rings. The van der Waals surface area contributed by atoms with E-state index < -0.39 is 13.6 Å². The molecular weight excluding hydrogens is 722 g/mol. The van der Waals surface area contributed by atoms with Gasteiger partial charge in [0, 0.05) is 80.1 Å². The number of hydrogen-bond acceptors (Lipinski definition) is 7. The van der Waals surface area contributed by atoms with Crippen LogP contribution in [0.25, 0.3) is 5.57 Å². The van der Waals surface area contributed by atoms with Crippen molar-refractivity contribution in [3.63, 3.8) is 0 Å². The van der Waals surface area contributed by atoms with Crippen molar-refractivity contribution in [3.05, 3.63) is 87.8 Å². The van der Waals surface area contributed by atoms with Crippen LogP contribution in [0.4, 0.5) is 9.88 Å². The lowest BCUT2D eigenvalue weighted by molar-refractivity contribution is -0.817. The molecule has 2 aliphatic rings. The molecule has 1 aliphatic heterocycles. The summed E-state index contributed by atoms with van der Waals surface area (Å²) in [6.07, 6.45) is 13.8. The van der Waals surface area contributed by atoms with Gasteiger partial charge in [0.25, 0.3) is 5.91 Å². The second-order valence-electron chi connectivity index (χ2n) is 14.6. The van der Waals surface area contributed by atoms with Crippen molar-refractivity contribution in [2.45, 2.75) is 84.0 Å². The zero-order chi connectivity index (χ0) is 40.0. The van der Waals surface area contributed by atoms with Gasteiger partial charge in [0.1, 0.15) is 17.2 Å². The number of fused-ring (bicyclic) bond motifs is 2. The normalized spacial score (nSPS) is 14.6. The molecule has 0 radical (unpaired) electrons. The number of carboxylic acids is 1. The number of anilines is 1. The van der Waals surface area contributed by atoms with Crippen LogP contribution in [0.3, 0.4) is 0 Å². The van der Waals surface area contributed by atoms with Gasteiger partial charge in [-0.3, -0.25) is 14.2 Å². The van der Waals surface area contributed by atoms with Gasteiger partial charge >= 0.3 is 13.6 Å². The molecular formula is C42H59FN4O7P+. The number of quaternary nitrogens is 1. The summed E-state index contributed by atoms with van der Waals surface area (Å²) in [6.45, 7) is 2.76. The quantitative estimate of drug-likeness (QED) is 0.0681. The number of ether oxygens (including phenoxy) is 1. The second kappa shape index (κ2) is 21.2. The predicted molar refractivity (Wildman–Crippen MR) is 216 cm³/mol. The number of unbranched alkanes of at least 4 members (excludes halogenated alkanes) is 8. The number of carbonyl (C=O) groups is 3. The van der Waals surface area contributed by atoms with Crippen molar-refractivity contribution in [2.75, 3.05) is 58.9 Å². The van der Waals surface area contributed by atoms with E-state index in [-0.39, 0.29) is 35.7 Å². The number of rotatable bonds is 23. The highest BCUT2D eigenvalue weighted by molar-refractivity contribution is 7.53. The summed E-state index contributed by atoms with van der Waals surface area (Å²) in [5.41, 5.74) is 5.28. The van der Waals surface area contributed by atoms with Crippen molar-refractivity contribution < 1.29 is 42.4 Å². The maximum atomic E-state index is 13.5. The third-order valence-corrected chi connectivity index (χ3v) is 11.4. The van der Waals surface area contributed by atoms with E-state index in [0.29, 0.717) is 49.4 Å². The summed E-state index contributed by atoms with van der Waals surface area (Å²) < 4.78 is 36.1. The third-order valence-electron chi connectivity index (χ3n) is 9.87. The van der Waals surface area contributed by atoms with Gasteiger partial charge in [0.05, 0.1) is 32.4 Å². The average Bonchev–Trinajstić information content (AvgIpc) is 3.14. The maximum absolute atomic E-state index is 13.5. The molecule has 300 valence electrons. The molecule has 0 aromatic heterocycles. The number of benzene rings is 2. The van der Waals surface area contributed by atoms with Crippen LogP contribution < -0.4 is 25.2 Å². The Bertz CT molecular complexity index is 1820. The van der Waals surface area contributed by atoms with Gasteiger partial charge in [-0.2, -0.15) is 4.20 Å². The van der Waals surface area contributed by atoms with Gasteiger partial charge in [0.2, 0.25) is 5.91 Å². The van der Waals surface area contributed by atoms with Crippen molar-refractivity contribution in [1.29, 1.82) is 0 Å². The highest BCUT2D eigenvalue weighted by Gasteiger charge is 2.31. The summed E-state index contributed by atoms with van der Waals surface area (Å²) in [6, 6.07) is 10.7. The summed E-state index contributed by atoms with van der Waals surface area (Å²) in [7, 11) is 4.11. The molecule has 0 spiro atoms. The lowest BCUT2D eigenvalue weighted by atomic mass is 9.84. The first-order valence-electron chi connectivity index (χ1n) is 19.6. The minimum absolute atomic E-state index is 0.0126. The minimum Gasteiger partial charge on any atom is -0.478 e. The number of allylic oxidation sites excluding steroid dienone is 2.